The zero-order chi connectivity index (χ0) is 14.0. The van der Waals surface area contributed by atoms with Gasteiger partial charge in [-0.3, -0.25) is 4.72 Å². The van der Waals surface area contributed by atoms with Crippen LogP contribution in [0, 0.1) is 0 Å². The van der Waals surface area contributed by atoms with Gasteiger partial charge in [0.05, 0.1) is 4.90 Å². The summed E-state index contributed by atoms with van der Waals surface area (Å²) in [4.78, 5) is 0.259. The van der Waals surface area contributed by atoms with E-state index in [0.717, 1.165) is 17.7 Å². The average Bonchev–Trinajstić information content (AvgIpc) is 2.48. The van der Waals surface area contributed by atoms with Crippen LogP contribution in [-0.2, 0) is 16.6 Å². The van der Waals surface area contributed by atoms with Crippen molar-refractivity contribution in [3.8, 4) is 0 Å². The molecule has 0 saturated carbocycles. The van der Waals surface area contributed by atoms with Crippen molar-refractivity contribution in [3.63, 3.8) is 0 Å². The number of hydrogen-bond donors (Lipinski definition) is 2. The first kappa shape index (κ1) is 12.7. The van der Waals surface area contributed by atoms with Crippen LogP contribution in [-0.4, -0.2) is 8.42 Å². The van der Waals surface area contributed by atoms with Crippen LogP contribution in [0.3, 0.4) is 0 Å². The van der Waals surface area contributed by atoms with E-state index in [1.54, 1.807) is 36.4 Å². The Morgan fingerprint density at radius 2 is 1.85 bits per heavy atom. The molecule has 0 amide bonds. The van der Waals surface area contributed by atoms with E-state index in [-0.39, 0.29) is 4.90 Å². The van der Waals surface area contributed by atoms with Gasteiger partial charge in [0.25, 0.3) is 10.0 Å². The second kappa shape index (κ2) is 5.02. The quantitative estimate of drug-likeness (QED) is 0.911. The van der Waals surface area contributed by atoms with E-state index in [2.05, 4.69) is 10.0 Å². The van der Waals surface area contributed by atoms with Crippen LogP contribution in [0.1, 0.15) is 11.1 Å². The third-order valence-corrected chi connectivity index (χ3v) is 4.52. The molecule has 3 rings (SSSR count). The van der Waals surface area contributed by atoms with Crippen molar-refractivity contribution in [2.45, 2.75) is 11.4 Å². The minimum atomic E-state index is -3.53. The number of sulfonamides is 1. The van der Waals surface area contributed by atoms with Crippen LogP contribution < -0.4 is 10.0 Å². The molecular weight excluding hydrogens is 272 g/mol. The lowest BCUT2D eigenvalue weighted by molar-refractivity contribution is 0.601. The molecule has 0 unspecified atom stereocenters. The van der Waals surface area contributed by atoms with Crippen LogP contribution in [0.15, 0.2) is 59.6 Å². The molecule has 0 radical (unpaired) electrons. The van der Waals surface area contributed by atoms with Crippen LogP contribution in [0.25, 0.3) is 6.08 Å². The molecule has 0 spiro atoms. The van der Waals surface area contributed by atoms with Crippen molar-refractivity contribution in [2.75, 3.05) is 4.72 Å². The molecule has 20 heavy (non-hydrogen) atoms. The largest absolute Gasteiger partial charge is 0.387 e. The second-order valence-electron chi connectivity index (χ2n) is 4.55. The molecule has 2 aromatic rings. The molecule has 0 aromatic heterocycles. The highest BCUT2D eigenvalue weighted by molar-refractivity contribution is 7.92. The maximum absolute atomic E-state index is 12.2. The number of nitrogens with one attached hydrogen (secondary N) is 2. The van der Waals surface area contributed by atoms with E-state index in [1.807, 2.05) is 24.4 Å². The van der Waals surface area contributed by atoms with Crippen LogP contribution in [0.4, 0.5) is 5.69 Å². The maximum atomic E-state index is 12.2. The Kier molecular flexibility index (Phi) is 3.20. The summed E-state index contributed by atoms with van der Waals surface area (Å²) in [6.07, 6.45) is 3.79. The summed E-state index contributed by atoms with van der Waals surface area (Å²) in [6.45, 7) is 0.761. The molecule has 1 aliphatic rings. The van der Waals surface area contributed by atoms with Gasteiger partial charge >= 0.3 is 0 Å². The van der Waals surface area contributed by atoms with Gasteiger partial charge in [-0.25, -0.2) is 8.42 Å². The van der Waals surface area contributed by atoms with Crippen LogP contribution in [0.5, 0.6) is 0 Å². The molecule has 4 nitrogen and oxygen atoms in total. The van der Waals surface area contributed by atoms with Crippen LogP contribution >= 0.6 is 0 Å². The van der Waals surface area contributed by atoms with Crippen molar-refractivity contribution in [3.05, 3.63) is 65.9 Å². The molecule has 0 aliphatic carbocycles. The lowest BCUT2D eigenvalue weighted by Crippen LogP contribution is -2.14. The maximum Gasteiger partial charge on any atom is 0.261 e. The standard InChI is InChI=1S/C15H14N2O2S/c18-20(19,15-4-2-1-3-5-15)17-14-7-6-13-11-16-9-8-12(13)10-14/h1-10,16-17H,11H2. The molecule has 2 aromatic carbocycles. The minimum Gasteiger partial charge on any atom is -0.387 e. The Labute approximate surface area is 118 Å². The van der Waals surface area contributed by atoms with Gasteiger partial charge in [0.2, 0.25) is 0 Å². The number of fused-ring (bicyclic) bond motifs is 1. The fraction of sp³-hybridized carbons (Fsp3) is 0.0667. The molecule has 0 atom stereocenters. The molecule has 5 heteroatoms. The monoisotopic (exact) mass is 286 g/mol. The molecular formula is C15H14N2O2S. The predicted molar refractivity (Wildman–Crippen MR) is 79.6 cm³/mol. The normalized spacial score (nSPS) is 13.4. The van der Waals surface area contributed by atoms with Crippen molar-refractivity contribution in [1.82, 2.24) is 5.32 Å². The highest BCUT2D eigenvalue weighted by atomic mass is 32.2. The summed E-state index contributed by atoms with van der Waals surface area (Å²) in [5.74, 6) is 0. The lowest BCUT2D eigenvalue weighted by Gasteiger charge is -2.14. The Morgan fingerprint density at radius 3 is 2.65 bits per heavy atom. The first-order valence-corrected chi connectivity index (χ1v) is 7.74. The number of benzene rings is 2. The summed E-state index contributed by atoms with van der Waals surface area (Å²) >= 11 is 0. The van der Waals surface area contributed by atoms with Crippen molar-refractivity contribution >= 4 is 21.8 Å². The molecule has 0 fully saturated rings. The van der Waals surface area contributed by atoms with Crippen molar-refractivity contribution < 1.29 is 8.42 Å². The Hall–Kier alpha value is -2.27. The predicted octanol–water partition coefficient (Wildman–Crippen LogP) is 2.56. The summed E-state index contributed by atoms with van der Waals surface area (Å²) in [6, 6.07) is 13.9. The molecule has 0 saturated heterocycles. The second-order valence-corrected chi connectivity index (χ2v) is 6.23. The molecule has 0 bridgehead atoms. The van der Waals surface area contributed by atoms with E-state index in [1.165, 1.54) is 0 Å². The SMILES string of the molecule is O=S(=O)(Nc1ccc2c(c1)C=CNC2)c1ccccc1. The highest BCUT2D eigenvalue weighted by Gasteiger charge is 2.14. The van der Waals surface area contributed by atoms with Gasteiger partial charge in [0.1, 0.15) is 0 Å². The first-order chi connectivity index (χ1) is 9.65. The van der Waals surface area contributed by atoms with Gasteiger partial charge in [-0.15, -0.1) is 0 Å². The summed E-state index contributed by atoms with van der Waals surface area (Å²) in [7, 11) is -3.53. The topological polar surface area (TPSA) is 58.2 Å². The van der Waals surface area contributed by atoms with Gasteiger partial charge in [0, 0.05) is 12.2 Å². The van der Waals surface area contributed by atoms with Gasteiger partial charge in [0.15, 0.2) is 0 Å². The first-order valence-electron chi connectivity index (χ1n) is 6.26. The third kappa shape index (κ3) is 2.53. The Balaban J connectivity index is 1.91. The van der Waals surface area contributed by atoms with E-state index >= 15 is 0 Å². The smallest absolute Gasteiger partial charge is 0.261 e. The summed E-state index contributed by atoms with van der Waals surface area (Å²) in [5.41, 5.74) is 2.74. The highest BCUT2D eigenvalue weighted by Crippen LogP contribution is 2.22. The van der Waals surface area contributed by atoms with Crippen molar-refractivity contribution in [2.24, 2.45) is 0 Å². The minimum absolute atomic E-state index is 0.259. The third-order valence-electron chi connectivity index (χ3n) is 3.12. The Bertz CT molecular complexity index is 753. The average molecular weight is 286 g/mol. The number of hydrogen-bond acceptors (Lipinski definition) is 3. The Morgan fingerprint density at radius 1 is 1.05 bits per heavy atom. The number of anilines is 1. The van der Waals surface area contributed by atoms with Crippen molar-refractivity contribution in [1.29, 1.82) is 0 Å². The zero-order valence-electron chi connectivity index (χ0n) is 10.7. The van der Waals surface area contributed by atoms with E-state index in [0.29, 0.717) is 5.69 Å². The molecule has 102 valence electrons. The lowest BCUT2D eigenvalue weighted by atomic mass is 10.0. The van der Waals surface area contributed by atoms with Gasteiger partial charge < -0.3 is 5.32 Å². The fourth-order valence-electron chi connectivity index (χ4n) is 2.11. The van der Waals surface area contributed by atoms with Gasteiger partial charge in [-0.1, -0.05) is 24.3 Å². The van der Waals surface area contributed by atoms with E-state index in [4.69, 9.17) is 0 Å². The van der Waals surface area contributed by atoms with E-state index < -0.39 is 10.0 Å². The van der Waals surface area contributed by atoms with Gasteiger partial charge in [-0.2, -0.15) is 0 Å². The zero-order valence-corrected chi connectivity index (χ0v) is 11.5. The summed E-state index contributed by atoms with van der Waals surface area (Å²) in [5, 5.41) is 3.12. The molecule has 1 aliphatic heterocycles. The van der Waals surface area contributed by atoms with E-state index in [9.17, 15) is 8.42 Å². The fourth-order valence-corrected chi connectivity index (χ4v) is 3.18. The number of rotatable bonds is 3. The molecule has 2 N–H and O–H groups in total. The molecule has 1 heterocycles. The van der Waals surface area contributed by atoms with Crippen LogP contribution in [0.2, 0.25) is 0 Å². The summed E-state index contributed by atoms with van der Waals surface area (Å²) < 4.78 is 27.1. The van der Waals surface area contributed by atoms with Gasteiger partial charge in [-0.05, 0) is 47.7 Å².